The Labute approximate surface area is 77.0 Å². The van der Waals surface area contributed by atoms with Crippen LogP contribution >= 0.6 is 0 Å². The smallest absolute Gasteiger partial charge is 0.249 e. The predicted molar refractivity (Wildman–Crippen MR) is 51.5 cm³/mol. The lowest BCUT2D eigenvalue weighted by Gasteiger charge is -1.97. The fraction of sp³-hybridized carbons (Fsp3) is 0.333. The Morgan fingerprint density at radius 3 is 2.69 bits per heavy atom. The van der Waals surface area contributed by atoms with E-state index in [0.717, 1.165) is 11.3 Å². The third-order valence-electron chi connectivity index (χ3n) is 1.81. The molecular weight excluding hydrogens is 166 g/mol. The Morgan fingerprint density at radius 2 is 2.23 bits per heavy atom. The van der Waals surface area contributed by atoms with Crippen LogP contribution in [0.4, 0.5) is 5.82 Å². The lowest BCUT2D eigenvalue weighted by Crippen LogP contribution is -2.08. The van der Waals surface area contributed by atoms with Crippen molar-refractivity contribution in [3.8, 4) is 0 Å². The molecule has 1 heterocycles. The summed E-state index contributed by atoms with van der Waals surface area (Å²) >= 11 is 0. The van der Waals surface area contributed by atoms with E-state index in [1.165, 1.54) is 6.08 Å². The monoisotopic (exact) mass is 179 g/mol. The van der Waals surface area contributed by atoms with Crippen LogP contribution in [0.1, 0.15) is 18.2 Å². The van der Waals surface area contributed by atoms with Gasteiger partial charge in [0.15, 0.2) is 5.82 Å². The second kappa shape index (κ2) is 3.89. The number of H-pyrrole nitrogens is 1. The van der Waals surface area contributed by atoms with E-state index in [1.807, 2.05) is 13.8 Å². The Balaban J connectivity index is 2.75. The number of rotatable bonds is 2. The Bertz CT molecular complexity index is 339. The fourth-order valence-corrected chi connectivity index (χ4v) is 0.917. The summed E-state index contributed by atoms with van der Waals surface area (Å²) < 4.78 is 0. The first-order chi connectivity index (χ1) is 6.15. The number of nitrogens with zero attached hydrogens (tertiary/aromatic N) is 1. The van der Waals surface area contributed by atoms with E-state index in [9.17, 15) is 4.79 Å². The van der Waals surface area contributed by atoms with Gasteiger partial charge in [0.1, 0.15) is 0 Å². The van der Waals surface area contributed by atoms with Crippen LogP contribution in [-0.4, -0.2) is 16.1 Å². The summed E-state index contributed by atoms with van der Waals surface area (Å²) in [6, 6.07) is 0. The highest BCUT2D eigenvalue weighted by Crippen LogP contribution is 2.13. The summed E-state index contributed by atoms with van der Waals surface area (Å²) in [5, 5.41) is 9.41. The zero-order valence-corrected chi connectivity index (χ0v) is 8.01. The second-order valence-electron chi connectivity index (χ2n) is 2.81. The molecule has 0 atom stereocenters. The number of aryl methyl sites for hydroxylation is 1. The molecule has 0 saturated heterocycles. The summed E-state index contributed by atoms with van der Waals surface area (Å²) in [5.41, 5.74) is 1.94. The number of aromatic nitrogens is 2. The molecule has 0 aliphatic heterocycles. The number of amides is 1. The zero-order valence-electron chi connectivity index (χ0n) is 8.01. The molecule has 0 fully saturated rings. The largest absolute Gasteiger partial charge is 0.305 e. The van der Waals surface area contributed by atoms with Crippen molar-refractivity contribution in [1.29, 1.82) is 0 Å². The Morgan fingerprint density at radius 1 is 1.54 bits per heavy atom. The number of hydrogen-bond acceptors (Lipinski definition) is 2. The van der Waals surface area contributed by atoms with Gasteiger partial charge in [-0.25, -0.2) is 0 Å². The molecule has 0 radical (unpaired) electrons. The van der Waals surface area contributed by atoms with Crippen LogP contribution in [-0.2, 0) is 4.79 Å². The molecule has 0 unspecified atom stereocenters. The number of nitrogens with one attached hydrogen (secondary N) is 2. The lowest BCUT2D eigenvalue weighted by molar-refractivity contribution is -0.111. The Kier molecular flexibility index (Phi) is 2.84. The van der Waals surface area contributed by atoms with Crippen LogP contribution in [0.5, 0.6) is 0 Å². The van der Waals surface area contributed by atoms with E-state index in [1.54, 1.807) is 13.0 Å². The van der Waals surface area contributed by atoms with Gasteiger partial charge in [0.2, 0.25) is 5.91 Å². The SMILES string of the molecule is C/C=C/C(=O)Nc1n[nH]c(C)c1C. The highest BCUT2D eigenvalue weighted by atomic mass is 16.1. The number of carbonyl (C=O) groups excluding carboxylic acids is 1. The highest BCUT2D eigenvalue weighted by Gasteiger charge is 2.06. The van der Waals surface area contributed by atoms with Gasteiger partial charge in [0.05, 0.1) is 0 Å². The summed E-state index contributed by atoms with van der Waals surface area (Å²) in [7, 11) is 0. The molecule has 0 bridgehead atoms. The molecule has 0 aliphatic rings. The quantitative estimate of drug-likeness (QED) is 0.676. The van der Waals surface area contributed by atoms with E-state index in [4.69, 9.17) is 0 Å². The normalized spacial score (nSPS) is 10.7. The van der Waals surface area contributed by atoms with Crippen molar-refractivity contribution in [3.05, 3.63) is 23.4 Å². The van der Waals surface area contributed by atoms with Gasteiger partial charge in [-0.2, -0.15) is 5.10 Å². The van der Waals surface area contributed by atoms with Crippen molar-refractivity contribution in [2.75, 3.05) is 5.32 Å². The Hall–Kier alpha value is -1.58. The van der Waals surface area contributed by atoms with Gasteiger partial charge in [0.25, 0.3) is 0 Å². The van der Waals surface area contributed by atoms with Crippen LogP contribution in [0, 0.1) is 13.8 Å². The molecule has 13 heavy (non-hydrogen) atoms. The third-order valence-corrected chi connectivity index (χ3v) is 1.81. The van der Waals surface area contributed by atoms with Crippen molar-refractivity contribution in [1.82, 2.24) is 10.2 Å². The minimum absolute atomic E-state index is 0.155. The minimum atomic E-state index is -0.155. The summed E-state index contributed by atoms with van der Waals surface area (Å²) in [5.74, 6) is 0.442. The van der Waals surface area contributed by atoms with Crippen LogP contribution in [0.3, 0.4) is 0 Å². The summed E-state index contributed by atoms with van der Waals surface area (Å²) in [6.07, 6.45) is 3.15. The van der Waals surface area contributed by atoms with E-state index < -0.39 is 0 Å². The molecule has 1 aromatic rings. The third kappa shape index (κ3) is 2.18. The number of carbonyl (C=O) groups is 1. The minimum Gasteiger partial charge on any atom is -0.305 e. The standard InChI is InChI=1S/C9H13N3O/c1-4-5-8(13)10-9-6(2)7(3)11-12-9/h4-5H,1-3H3,(H2,10,11,12,13)/b5-4+. The molecule has 1 amide bonds. The molecule has 0 spiro atoms. The molecule has 0 aliphatic carbocycles. The van der Waals surface area contributed by atoms with E-state index in [-0.39, 0.29) is 5.91 Å². The van der Waals surface area contributed by atoms with Crippen molar-refractivity contribution in [2.45, 2.75) is 20.8 Å². The molecule has 0 aromatic carbocycles. The van der Waals surface area contributed by atoms with Gasteiger partial charge in [-0.05, 0) is 26.8 Å². The molecule has 2 N–H and O–H groups in total. The maximum absolute atomic E-state index is 11.1. The number of aromatic amines is 1. The molecule has 4 nitrogen and oxygen atoms in total. The first kappa shape index (κ1) is 9.51. The van der Waals surface area contributed by atoms with Gasteiger partial charge in [-0.3, -0.25) is 9.89 Å². The first-order valence-electron chi connectivity index (χ1n) is 4.10. The summed E-state index contributed by atoms with van der Waals surface area (Å²) in [6.45, 7) is 5.61. The topological polar surface area (TPSA) is 57.8 Å². The number of hydrogen-bond donors (Lipinski definition) is 2. The van der Waals surface area contributed by atoms with E-state index in [2.05, 4.69) is 15.5 Å². The molecule has 0 saturated carbocycles. The molecule has 1 aromatic heterocycles. The van der Waals surface area contributed by atoms with Crippen LogP contribution in [0.2, 0.25) is 0 Å². The molecular formula is C9H13N3O. The fourth-order valence-electron chi connectivity index (χ4n) is 0.917. The maximum Gasteiger partial charge on any atom is 0.249 e. The van der Waals surface area contributed by atoms with Crippen molar-refractivity contribution < 1.29 is 4.79 Å². The number of anilines is 1. The molecule has 1 rings (SSSR count). The second-order valence-corrected chi connectivity index (χ2v) is 2.81. The van der Waals surface area contributed by atoms with Gasteiger partial charge in [-0.15, -0.1) is 0 Å². The summed E-state index contributed by atoms with van der Waals surface area (Å²) in [4.78, 5) is 11.1. The van der Waals surface area contributed by atoms with Crippen molar-refractivity contribution in [3.63, 3.8) is 0 Å². The molecule has 70 valence electrons. The van der Waals surface area contributed by atoms with Crippen LogP contribution < -0.4 is 5.32 Å². The number of allylic oxidation sites excluding steroid dienone is 1. The zero-order chi connectivity index (χ0) is 9.84. The van der Waals surface area contributed by atoms with Gasteiger partial charge < -0.3 is 5.32 Å². The van der Waals surface area contributed by atoms with E-state index >= 15 is 0 Å². The van der Waals surface area contributed by atoms with Crippen LogP contribution in [0.25, 0.3) is 0 Å². The molecule has 4 heteroatoms. The van der Waals surface area contributed by atoms with Gasteiger partial charge in [0, 0.05) is 11.3 Å². The van der Waals surface area contributed by atoms with Crippen molar-refractivity contribution in [2.24, 2.45) is 0 Å². The highest BCUT2D eigenvalue weighted by molar-refractivity contribution is 5.99. The predicted octanol–water partition coefficient (Wildman–Crippen LogP) is 1.54. The lowest BCUT2D eigenvalue weighted by atomic mass is 10.3. The van der Waals surface area contributed by atoms with E-state index in [0.29, 0.717) is 5.82 Å². The van der Waals surface area contributed by atoms with Gasteiger partial charge in [-0.1, -0.05) is 6.08 Å². The maximum atomic E-state index is 11.1. The van der Waals surface area contributed by atoms with Crippen molar-refractivity contribution >= 4 is 11.7 Å². The average molecular weight is 179 g/mol. The van der Waals surface area contributed by atoms with Crippen LogP contribution in [0.15, 0.2) is 12.2 Å². The first-order valence-corrected chi connectivity index (χ1v) is 4.10. The average Bonchev–Trinajstić information content (AvgIpc) is 2.37. The van der Waals surface area contributed by atoms with Gasteiger partial charge >= 0.3 is 0 Å².